The lowest BCUT2D eigenvalue weighted by molar-refractivity contribution is 0.174. The number of nitrogens with zero attached hydrogens (tertiary/aromatic N) is 3. The Labute approximate surface area is 116 Å². The van der Waals surface area contributed by atoms with Crippen LogP contribution in [-0.2, 0) is 0 Å². The highest BCUT2D eigenvalue weighted by atomic mass is 16.7. The molecule has 0 bridgehead atoms. The molecule has 0 saturated heterocycles. The largest absolute Gasteiger partial charge is 0.454 e. The molecule has 0 aliphatic carbocycles. The molecule has 3 rings (SSSR count). The molecule has 0 spiro atoms. The minimum atomic E-state index is 0.221. The summed E-state index contributed by atoms with van der Waals surface area (Å²) in [5.74, 6) is 2.48. The zero-order valence-electron chi connectivity index (χ0n) is 11.1. The van der Waals surface area contributed by atoms with Crippen LogP contribution in [0.25, 0.3) is 11.4 Å². The number of aryl methyl sites for hydroxylation is 1. The van der Waals surface area contributed by atoms with Gasteiger partial charge in [-0.25, -0.2) is 9.97 Å². The number of fused-ring (bicyclic) bond motifs is 1. The lowest BCUT2D eigenvalue weighted by atomic mass is 10.1. The van der Waals surface area contributed by atoms with E-state index in [9.17, 15) is 0 Å². The Kier molecular flexibility index (Phi) is 2.88. The zero-order chi connectivity index (χ0) is 14.1. The summed E-state index contributed by atoms with van der Waals surface area (Å²) >= 11 is 0. The number of benzene rings is 1. The number of ether oxygens (including phenoxy) is 2. The number of hydrogen-bond acceptors (Lipinski definition) is 6. The highest BCUT2D eigenvalue weighted by molar-refractivity contribution is 5.67. The quantitative estimate of drug-likeness (QED) is 0.898. The molecule has 0 atom stereocenters. The highest BCUT2D eigenvalue weighted by Crippen LogP contribution is 2.37. The molecule has 6 nitrogen and oxygen atoms in total. The molecule has 0 fully saturated rings. The fourth-order valence-electron chi connectivity index (χ4n) is 2.04. The van der Waals surface area contributed by atoms with E-state index in [1.807, 2.05) is 25.1 Å². The van der Waals surface area contributed by atoms with Crippen molar-refractivity contribution >= 4 is 5.82 Å². The van der Waals surface area contributed by atoms with Gasteiger partial charge in [-0.15, -0.1) is 0 Å². The fraction of sp³-hybridized carbons (Fsp3) is 0.214. The van der Waals surface area contributed by atoms with Gasteiger partial charge in [0.25, 0.3) is 0 Å². The van der Waals surface area contributed by atoms with Crippen molar-refractivity contribution in [1.29, 1.82) is 5.26 Å². The molecular weight excluding hydrogens is 256 g/mol. The number of hydrogen-bond donors (Lipinski definition) is 1. The summed E-state index contributed by atoms with van der Waals surface area (Å²) in [5, 5.41) is 12.0. The smallest absolute Gasteiger partial charge is 0.231 e. The summed E-state index contributed by atoms with van der Waals surface area (Å²) in [5.41, 5.74) is 2.10. The normalized spacial score (nSPS) is 12.1. The molecule has 6 heteroatoms. The van der Waals surface area contributed by atoms with Crippen LogP contribution in [0.15, 0.2) is 18.2 Å². The minimum absolute atomic E-state index is 0.221. The third-order valence-corrected chi connectivity index (χ3v) is 3.06. The maximum absolute atomic E-state index is 9.04. The molecule has 100 valence electrons. The molecule has 2 heterocycles. The van der Waals surface area contributed by atoms with E-state index in [-0.39, 0.29) is 6.79 Å². The number of aromatic nitrogens is 2. The standard InChI is InChI=1S/C14H12N4O2/c1-8-3-11-12(20-7-19-11)5-10(8)14-17-9(6-15)4-13(16-2)18-14/h3-5H,7H2,1-2H3,(H,16,17,18). The van der Waals surface area contributed by atoms with Crippen LogP contribution in [0.2, 0.25) is 0 Å². The van der Waals surface area contributed by atoms with Crippen LogP contribution in [0.5, 0.6) is 11.5 Å². The van der Waals surface area contributed by atoms with E-state index in [4.69, 9.17) is 14.7 Å². The molecule has 1 aliphatic heterocycles. The van der Waals surface area contributed by atoms with Gasteiger partial charge in [-0.1, -0.05) is 0 Å². The van der Waals surface area contributed by atoms with Crippen LogP contribution in [0.1, 0.15) is 11.3 Å². The number of rotatable bonds is 2. The van der Waals surface area contributed by atoms with Gasteiger partial charge >= 0.3 is 0 Å². The van der Waals surface area contributed by atoms with Crippen LogP contribution in [0, 0.1) is 18.3 Å². The molecule has 1 aromatic heterocycles. The van der Waals surface area contributed by atoms with Gasteiger partial charge < -0.3 is 14.8 Å². The Morgan fingerprint density at radius 1 is 1.20 bits per heavy atom. The van der Waals surface area contributed by atoms with Gasteiger partial charge in [-0.05, 0) is 24.6 Å². The van der Waals surface area contributed by atoms with Gasteiger partial charge in [-0.2, -0.15) is 5.26 Å². The Balaban J connectivity index is 2.16. The number of nitrogens with one attached hydrogen (secondary N) is 1. The van der Waals surface area contributed by atoms with Gasteiger partial charge in [0.05, 0.1) is 0 Å². The lowest BCUT2D eigenvalue weighted by Crippen LogP contribution is -2.00. The Morgan fingerprint density at radius 3 is 2.65 bits per heavy atom. The van der Waals surface area contributed by atoms with Gasteiger partial charge in [-0.3, -0.25) is 0 Å². The van der Waals surface area contributed by atoms with Crippen molar-refractivity contribution in [2.24, 2.45) is 0 Å². The first-order chi connectivity index (χ1) is 9.71. The number of nitriles is 1. The molecule has 0 radical (unpaired) electrons. The molecule has 1 aliphatic rings. The molecule has 1 N–H and O–H groups in total. The molecule has 1 aromatic carbocycles. The Morgan fingerprint density at radius 2 is 1.95 bits per heavy atom. The van der Waals surface area contributed by atoms with Crippen LogP contribution < -0.4 is 14.8 Å². The van der Waals surface area contributed by atoms with Gasteiger partial charge in [0.15, 0.2) is 17.3 Å². The third kappa shape index (κ3) is 1.99. The highest BCUT2D eigenvalue weighted by Gasteiger charge is 2.18. The van der Waals surface area contributed by atoms with E-state index in [0.717, 1.165) is 16.9 Å². The topological polar surface area (TPSA) is 80.1 Å². The summed E-state index contributed by atoms with van der Waals surface area (Å²) in [6, 6.07) is 7.37. The minimum Gasteiger partial charge on any atom is -0.454 e. The molecule has 0 unspecified atom stereocenters. The van der Waals surface area contributed by atoms with Crippen molar-refractivity contribution in [1.82, 2.24) is 9.97 Å². The SMILES string of the molecule is CNc1cc(C#N)nc(-c2cc3c(cc2C)OCO3)n1. The van der Waals surface area contributed by atoms with Gasteiger partial charge in [0.1, 0.15) is 17.6 Å². The summed E-state index contributed by atoms with van der Waals surface area (Å²) in [4.78, 5) is 8.63. The summed E-state index contributed by atoms with van der Waals surface area (Å²) < 4.78 is 10.7. The first-order valence-corrected chi connectivity index (χ1v) is 6.09. The summed E-state index contributed by atoms with van der Waals surface area (Å²) in [7, 11) is 1.75. The van der Waals surface area contributed by atoms with E-state index in [0.29, 0.717) is 23.1 Å². The van der Waals surface area contributed by atoms with Crippen LogP contribution in [0.3, 0.4) is 0 Å². The summed E-state index contributed by atoms with van der Waals surface area (Å²) in [6.45, 7) is 2.16. The van der Waals surface area contributed by atoms with Crippen molar-refractivity contribution in [3.8, 4) is 29.0 Å². The van der Waals surface area contributed by atoms with E-state index >= 15 is 0 Å². The average molecular weight is 268 g/mol. The van der Waals surface area contributed by atoms with Crippen molar-refractivity contribution < 1.29 is 9.47 Å². The van der Waals surface area contributed by atoms with Crippen LogP contribution >= 0.6 is 0 Å². The predicted octanol–water partition coefficient (Wildman–Crippen LogP) is 2.09. The number of anilines is 1. The van der Waals surface area contributed by atoms with E-state index < -0.39 is 0 Å². The van der Waals surface area contributed by atoms with Crippen molar-refractivity contribution in [2.45, 2.75) is 6.92 Å². The average Bonchev–Trinajstić information content (AvgIpc) is 2.92. The maximum atomic E-state index is 9.04. The first-order valence-electron chi connectivity index (χ1n) is 6.09. The van der Waals surface area contributed by atoms with Crippen molar-refractivity contribution in [3.63, 3.8) is 0 Å². The maximum Gasteiger partial charge on any atom is 0.231 e. The summed E-state index contributed by atoms with van der Waals surface area (Å²) in [6.07, 6.45) is 0. The third-order valence-electron chi connectivity index (χ3n) is 3.06. The zero-order valence-corrected chi connectivity index (χ0v) is 11.1. The molecule has 0 saturated carbocycles. The molecule has 20 heavy (non-hydrogen) atoms. The lowest BCUT2D eigenvalue weighted by Gasteiger charge is -2.08. The van der Waals surface area contributed by atoms with Crippen LogP contribution in [0.4, 0.5) is 5.82 Å². The monoisotopic (exact) mass is 268 g/mol. The van der Waals surface area contributed by atoms with E-state index in [1.165, 1.54) is 0 Å². The van der Waals surface area contributed by atoms with Gasteiger partial charge in [0.2, 0.25) is 6.79 Å². The van der Waals surface area contributed by atoms with Crippen molar-refractivity contribution in [3.05, 3.63) is 29.5 Å². The fourth-order valence-corrected chi connectivity index (χ4v) is 2.04. The van der Waals surface area contributed by atoms with Crippen LogP contribution in [-0.4, -0.2) is 23.8 Å². The second-order valence-electron chi connectivity index (χ2n) is 4.34. The predicted molar refractivity (Wildman–Crippen MR) is 72.6 cm³/mol. The molecular formula is C14H12N4O2. The molecule has 2 aromatic rings. The second-order valence-corrected chi connectivity index (χ2v) is 4.34. The van der Waals surface area contributed by atoms with Crippen molar-refractivity contribution in [2.75, 3.05) is 19.2 Å². The molecule has 0 amide bonds. The second kappa shape index (κ2) is 4.70. The Hall–Kier alpha value is -2.81. The van der Waals surface area contributed by atoms with E-state index in [1.54, 1.807) is 13.1 Å². The van der Waals surface area contributed by atoms with Gasteiger partial charge in [0, 0.05) is 18.7 Å². The first kappa shape index (κ1) is 12.2. The van der Waals surface area contributed by atoms with E-state index in [2.05, 4.69) is 15.3 Å². The Bertz CT molecular complexity index is 722.